The number of carbonyl (C=O) groups is 1. The molecule has 0 aliphatic carbocycles. The van der Waals surface area contributed by atoms with Crippen LogP contribution in [0.5, 0.6) is 0 Å². The Bertz CT molecular complexity index is 757. The summed E-state index contributed by atoms with van der Waals surface area (Å²) in [5, 5.41) is 0. The third-order valence-corrected chi connectivity index (χ3v) is 5.47. The minimum Gasteiger partial charge on any atom is -0.340 e. The van der Waals surface area contributed by atoms with E-state index in [1.165, 1.54) is 16.7 Å². The van der Waals surface area contributed by atoms with E-state index in [0.29, 0.717) is 12.3 Å². The van der Waals surface area contributed by atoms with Gasteiger partial charge in [-0.25, -0.2) is 0 Å². The number of hydrogen-bond donors (Lipinski definition) is 0. The van der Waals surface area contributed by atoms with Crippen LogP contribution in [0.3, 0.4) is 0 Å². The number of rotatable bonds is 7. The molecule has 3 rings (SSSR count). The van der Waals surface area contributed by atoms with Gasteiger partial charge in [0.05, 0.1) is 0 Å². The molecule has 0 bridgehead atoms. The summed E-state index contributed by atoms with van der Waals surface area (Å²) in [6.07, 6.45) is 5.82. The zero-order chi connectivity index (χ0) is 19.8. The first-order valence-corrected chi connectivity index (χ1v) is 10.4. The van der Waals surface area contributed by atoms with Gasteiger partial charge in [-0.1, -0.05) is 80.6 Å². The Balaban J connectivity index is 1.38. The van der Waals surface area contributed by atoms with Crippen LogP contribution in [-0.2, 0) is 11.2 Å². The van der Waals surface area contributed by atoms with E-state index in [-0.39, 0.29) is 5.91 Å². The van der Waals surface area contributed by atoms with Crippen LogP contribution < -0.4 is 0 Å². The minimum absolute atomic E-state index is 0.285. The molecule has 1 amide bonds. The number of nitrogens with zero attached hydrogens (tertiary/aromatic N) is 2. The van der Waals surface area contributed by atoms with Gasteiger partial charge in [-0.2, -0.15) is 0 Å². The van der Waals surface area contributed by atoms with Crippen molar-refractivity contribution in [3.8, 4) is 0 Å². The van der Waals surface area contributed by atoms with Crippen LogP contribution in [0.4, 0.5) is 0 Å². The van der Waals surface area contributed by atoms with Crippen LogP contribution in [0, 0.1) is 0 Å². The van der Waals surface area contributed by atoms with Crippen molar-refractivity contribution in [3.05, 3.63) is 77.4 Å². The van der Waals surface area contributed by atoms with E-state index >= 15 is 0 Å². The lowest BCUT2D eigenvalue weighted by Crippen LogP contribution is -2.48. The molecule has 0 atom stereocenters. The molecule has 3 nitrogen and oxygen atoms in total. The topological polar surface area (TPSA) is 23.6 Å². The molecule has 1 aliphatic heterocycles. The molecule has 0 saturated carbocycles. The number of carbonyl (C=O) groups excluding carboxylic acids is 1. The molecule has 28 heavy (non-hydrogen) atoms. The quantitative estimate of drug-likeness (QED) is 0.705. The van der Waals surface area contributed by atoms with Crippen molar-refractivity contribution in [2.45, 2.75) is 32.6 Å². The first-order valence-electron chi connectivity index (χ1n) is 10.4. The van der Waals surface area contributed by atoms with Crippen molar-refractivity contribution < 1.29 is 4.79 Å². The van der Waals surface area contributed by atoms with Gasteiger partial charge in [0.1, 0.15) is 0 Å². The number of benzene rings is 2. The Labute approximate surface area is 169 Å². The van der Waals surface area contributed by atoms with Gasteiger partial charge < -0.3 is 4.90 Å². The molecule has 0 spiro atoms. The molecule has 1 aliphatic rings. The Morgan fingerprint density at radius 1 is 0.964 bits per heavy atom. The maximum absolute atomic E-state index is 12.5. The second kappa shape index (κ2) is 10.2. The molecular weight excluding hydrogens is 344 g/mol. The summed E-state index contributed by atoms with van der Waals surface area (Å²) < 4.78 is 0. The Hall–Kier alpha value is -2.39. The zero-order valence-electron chi connectivity index (χ0n) is 17.2. The fourth-order valence-corrected chi connectivity index (χ4v) is 3.56. The fourth-order valence-electron chi connectivity index (χ4n) is 3.56. The van der Waals surface area contributed by atoms with Gasteiger partial charge in [0.2, 0.25) is 5.91 Å². The van der Waals surface area contributed by atoms with Gasteiger partial charge in [0.25, 0.3) is 0 Å². The molecule has 148 valence electrons. The van der Waals surface area contributed by atoms with Gasteiger partial charge in [-0.15, -0.1) is 0 Å². The van der Waals surface area contributed by atoms with E-state index in [0.717, 1.165) is 39.1 Å². The summed E-state index contributed by atoms with van der Waals surface area (Å²) in [5.74, 6) is 0.835. The summed E-state index contributed by atoms with van der Waals surface area (Å²) in [4.78, 5) is 17.0. The van der Waals surface area contributed by atoms with Crippen molar-refractivity contribution in [1.82, 2.24) is 9.80 Å². The SMILES string of the molecule is CC(C)c1ccc(CCC(=O)N2CCN(C/C=C/c3ccccc3)CC2)cc1. The number of aryl methyl sites for hydroxylation is 1. The largest absolute Gasteiger partial charge is 0.340 e. The highest BCUT2D eigenvalue weighted by Gasteiger charge is 2.20. The molecule has 0 radical (unpaired) electrons. The summed E-state index contributed by atoms with van der Waals surface area (Å²) in [5.41, 5.74) is 3.84. The molecule has 0 unspecified atom stereocenters. The third-order valence-electron chi connectivity index (χ3n) is 5.47. The Morgan fingerprint density at radius 2 is 1.64 bits per heavy atom. The molecule has 0 N–H and O–H groups in total. The molecular formula is C25H32N2O. The van der Waals surface area contributed by atoms with E-state index in [1.807, 2.05) is 11.0 Å². The molecule has 1 heterocycles. The van der Waals surface area contributed by atoms with Crippen LogP contribution in [0.15, 0.2) is 60.7 Å². The van der Waals surface area contributed by atoms with E-state index in [1.54, 1.807) is 0 Å². The van der Waals surface area contributed by atoms with Gasteiger partial charge in [0, 0.05) is 39.1 Å². The number of amides is 1. The van der Waals surface area contributed by atoms with E-state index in [4.69, 9.17) is 0 Å². The molecule has 2 aromatic rings. The van der Waals surface area contributed by atoms with Gasteiger partial charge >= 0.3 is 0 Å². The van der Waals surface area contributed by atoms with Crippen molar-refractivity contribution in [2.24, 2.45) is 0 Å². The zero-order valence-corrected chi connectivity index (χ0v) is 17.2. The van der Waals surface area contributed by atoms with Crippen molar-refractivity contribution in [2.75, 3.05) is 32.7 Å². The van der Waals surface area contributed by atoms with Crippen molar-refractivity contribution >= 4 is 12.0 Å². The normalized spacial score (nSPS) is 15.5. The van der Waals surface area contributed by atoms with E-state index < -0.39 is 0 Å². The van der Waals surface area contributed by atoms with Gasteiger partial charge in [-0.05, 0) is 29.0 Å². The fraction of sp³-hybridized carbons (Fsp3) is 0.400. The van der Waals surface area contributed by atoms with Crippen molar-refractivity contribution in [3.63, 3.8) is 0 Å². The second-order valence-electron chi connectivity index (χ2n) is 7.89. The van der Waals surface area contributed by atoms with E-state index in [2.05, 4.69) is 79.4 Å². The van der Waals surface area contributed by atoms with Gasteiger partial charge in [-0.3, -0.25) is 9.69 Å². The second-order valence-corrected chi connectivity index (χ2v) is 7.89. The van der Waals surface area contributed by atoms with E-state index in [9.17, 15) is 4.79 Å². The highest BCUT2D eigenvalue weighted by molar-refractivity contribution is 5.76. The summed E-state index contributed by atoms with van der Waals surface area (Å²) in [7, 11) is 0. The van der Waals surface area contributed by atoms with Gasteiger partial charge in [0.15, 0.2) is 0 Å². The monoisotopic (exact) mass is 376 g/mol. The smallest absolute Gasteiger partial charge is 0.222 e. The van der Waals surface area contributed by atoms with Crippen LogP contribution in [0.25, 0.3) is 6.08 Å². The Morgan fingerprint density at radius 3 is 2.29 bits per heavy atom. The van der Waals surface area contributed by atoms with Crippen LogP contribution in [0.2, 0.25) is 0 Å². The third kappa shape index (κ3) is 6.07. The van der Waals surface area contributed by atoms with Crippen molar-refractivity contribution in [1.29, 1.82) is 0 Å². The van der Waals surface area contributed by atoms with Crippen LogP contribution in [0.1, 0.15) is 42.9 Å². The van der Waals surface area contributed by atoms with Crippen LogP contribution in [-0.4, -0.2) is 48.4 Å². The standard InChI is InChI=1S/C25H32N2O/c1-21(2)24-13-10-23(11-14-24)12-15-25(28)27-19-17-26(18-20-27)16-6-9-22-7-4-3-5-8-22/h3-11,13-14,21H,12,15-20H2,1-2H3/b9-6+. The highest BCUT2D eigenvalue weighted by atomic mass is 16.2. The maximum Gasteiger partial charge on any atom is 0.222 e. The average molecular weight is 377 g/mol. The summed E-state index contributed by atoms with van der Waals surface area (Å²) in [6.45, 7) is 8.93. The predicted molar refractivity (Wildman–Crippen MR) is 117 cm³/mol. The maximum atomic E-state index is 12.5. The number of piperazine rings is 1. The molecule has 0 aromatic heterocycles. The summed E-state index contributed by atoms with van der Waals surface area (Å²) in [6, 6.07) is 19.1. The predicted octanol–water partition coefficient (Wildman–Crippen LogP) is 4.60. The number of hydrogen-bond acceptors (Lipinski definition) is 2. The lowest BCUT2D eigenvalue weighted by molar-refractivity contribution is -0.132. The summed E-state index contributed by atoms with van der Waals surface area (Å²) >= 11 is 0. The molecule has 3 heteroatoms. The first kappa shape index (κ1) is 20.3. The minimum atomic E-state index is 0.285. The highest BCUT2D eigenvalue weighted by Crippen LogP contribution is 2.16. The first-order chi connectivity index (χ1) is 13.6. The molecule has 2 aromatic carbocycles. The van der Waals surface area contributed by atoms with Crippen LogP contribution >= 0.6 is 0 Å². The lowest BCUT2D eigenvalue weighted by atomic mass is 10.00. The Kier molecular flexibility index (Phi) is 7.44. The molecule has 1 fully saturated rings. The molecule has 1 saturated heterocycles. The average Bonchev–Trinajstić information content (AvgIpc) is 2.73. The lowest BCUT2D eigenvalue weighted by Gasteiger charge is -2.34.